The van der Waals surface area contributed by atoms with Gasteiger partial charge in [-0.15, -0.1) is 0 Å². The van der Waals surface area contributed by atoms with Gasteiger partial charge in [-0.2, -0.15) is 4.98 Å². The normalized spacial score (nSPS) is 26.3. The summed E-state index contributed by atoms with van der Waals surface area (Å²) in [5.41, 5.74) is 4.32. The van der Waals surface area contributed by atoms with E-state index in [1.54, 1.807) is 6.20 Å². The molecule has 3 aliphatic heterocycles. The van der Waals surface area contributed by atoms with Crippen LogP contribution in [0.3, 0.4) is 0 Å². The Morgan fingerprint density at radius 1 is 1.23 bits per heavy atom. The maximum absolute atomic E-state index is 10.2. The number of fused-ring (bicyclic) bond motifs is 2. The lowest BCUT2D eigenvalue weighted by Crippen LogP contribution is -2.43. The van der Waals surface area contributed by atoms with E-state index in [0.29, 0.717) is 35.3 Å². The fourth-order valence-corrected chi connectivity index (χ4v) is 5.73. The molecule has 35 heavy (non-hydrogen) atoms. The first-order valence-corrected chi connectivity index (χ1v) is 13.0. The third-order valence-corrected chi connectivity index (χ3v) is 7.75. The third-order valence-electron chi connectivity index (χ3n) is 7.48. The van der Waals surface area contributed by atoms with Crippen molar-refractivity contribution in [2.75, 3.05) is 48.4 Å². The van der Waals surface area contributed by atoms with Crippen LogP contribution in [-0.4, -0.2) is 60.5 Å². The average Bonchev–Trinajstić information content (AvgIpc) is 3.67. The summed E-state index contributed by atoms with van der Waals surface area (Å²) in [6.07, 6.45) is 5.70. The summed E-state index contributed by atoms with van der Waals surface area (Å²) in [5.74, 6) is 3.28. The van der Waals surface area contributed by atoms with Gasteiger partial charge in [-0.1, -0.05) is 18.5 Å². The van der Waals surface area contributed by atoms with Crippen LogP contribution in [0.5, 0.6) is 0 Å². The molecule has 2 fully saturated rings. The predicted octanol–water partition coefficient (Wildman–Crippen LogP) is 3.99. The van der Waals surface area contributed by atoms with E-state index in [1.165, 1.54) is 18.5 Å². The zero-order valence-electron chi connectivity index (χ0n) is 20.3. The summed E-state index contributed by atoms with van der Waals surface area (Å²) in [4.78, 5) is 13.4. The van der Waals surface area contributed by atoms with Crippen LogP contribution in [0.4, 0.5) is 23.1 Å². The summed E-state index contributed by atoms with van der Waals surface area (Å²) in [6.45, 7) is 5.00. The van der Waals surface area contributed by atoms with E-state index in [1.807, 2.05) is 4.90 Å². The van der Waals surface area contributed by atoms with Crippen molar-refractivity contribution in [3.63, 3.8) is 0 Å². The molecule has 6 rings (SSSR count). The molecule has 4 aliphatic rings. The van der Waals surface area contributed by atoms with Crippen molar-refractivity contribution in [1.29, 1.82) is 0 Å². The minimum Gasteiger partial charge on any atom is -0.494 e. The summed E-state index contributed by atoms with van der Waals surface area (Å²) in [6, 6.07) is 6.81. The number of halogens is 1. The third kappa shape index (κ3) is 4.61. The molecule has 186 valence electrons. The Hall–Kier alpha value is -2.71. The zero-order valence-corrected chi connectivity index (χ0v) is 21.1. The fraction of sp³-hybridized carbons (Fsp3) is 0.538. The van der Waals surface area contributed by atoms with E-state index >= 15 is 0 Å². The van der Waals surface area contributed by atoms with Crippen molar-refractivity contribution in [1.82, 2.24) is 15.3 Å². The van der Waals surface area contributed by atoms with Gasteiger partial charge in [0.25, 0.3) is 0 Å². The van der Waals surface area contributed by atoms with Crippen molar-refractivity contribution in [3.8, 4) is 0 Å². The number of nitrogens with one attached hydrogen (secondary N) is 2. The molecule has 4 heterocycles. The summed E-state index contributed by atoms with van der Waals surface area (Å²) in [5, 5.41) is 17.9. The molecule has 9 heteroatoms. The highest BCUT2D eigenvalue weighted by Crippen LogP contribution is 2.41. The van der Waals surface area contributed by atoms with E-state index in [4.69, 9.17) is 21.3 Å². The number of likely N-dealkylation sites (N-methyl/N-ethyl adjacent to an activating group) is 1. The topological polar surface area (TPSA) is 85.8 Å². The molecular formula is C26H33ClN6O2. The highest BCUT2D eigenvalue weighted by Gasteiger charge is 2.36. The molecule has 1 aromatic carbocycles. The number of nitrogens with zero attached hydrogens (tertiary/aromatic N) is 4. The van der Waals surface area contributed by atoms with Gasteiger partial charge in [0, 0.05) is 49.5 Å². The maximum Gasteiger partial charge on any atom is 0.227 e. The number of β-amino-alcohol motifs (C(OH)–C–C–N with tert-alkyl or cyclic N) is 1. The van der Waals surface area contributed by atoms with Crippen molar-refractivity contribution in [3.05, 3.63) is 40.7 Å². The molecule has 0 radical (unpaired) electrons. The van der Waals surface area contributed by atoms with Gasteiger partial charge >= 0.3 is 0 Å². The van der Waals surface area contributed by atoms with Gasteiger partial charge in [0.2, 0.25) is 5.95 Å². The van der Waals surface area contributed by atoms with E-state index in [-0.39, 0.29) is 6.10 Å². The summed E-state index contributed by atoms with van der Waals surface area (Å²) in [7, 11) is 2.10. The molecule has 3 N–H and O–H groups in total. The molecule has 0 unspecified atom stereocenters. The largest absolute Gasteiger partial charge is 0.494 e. The molecule has 2 aromatic rings. The molecule has 0 amide bonds. The van der Waals surface area contributed by atoms with Crippen LogP contribution in [0.2, 0.25) is 5.02 Å². The number of hydrogen-bond donors (Lipinski definition) is 3. The Morgan fingerprint density at radius 3 is 2.89 bits per heavy atom. The number of hydrogen-bond acceptors (Lipinski definition) is 8. The smallest absolute Gasteiger partial charge is 0.227 e. The van der Waals surface area contributed by atoms with Crippen LogP contribution in [-0.2, 0) is 4.74 Å². The predicted molar refractivity (Wildman–Crippen MR) is 139 cm³/mol. The minimum atomic E-state index is -0.372. The number of benzene rings is 1. The molecule has 3 atom stereocenters. The second-order valence-corrected chi connectivity index (χ2v) is 10.9. The molecule has 1 saturated heterocycles. The Balaban J connectivity index is 1.29. The molecule has 0 bridgehead atoms. The zero-order chi connectivity index (χ0) is 24.1. The van der Waals surface area contributed by atoms with Gasteiger partial charge in [0.1, 0.15) is 10.8 Å². The van der Waals surface area contributed by atoms with Gasteiger partial charge in [-0.05, 0) is 49.3 Å². The number of piperidine rings is 1. The molecule has 1 aliphatic carbocycles. The van der Waals surface area contributed by atoms with Crippen LogP contribution in [0, 0.1) is 11.8 Å². The van der Waals surface area contributed by atoms with Crippen molar-refractivity contribution < 1.29 is 9.84 Å². The number of aliphatic hydroxyl groups excluding tert-OH is 1. The fourth-order valence-electron chi connectivity index (χ4n) is 5.59. The van der Waals surface area contributed by atoms with Gasteiger partial charge in [0.05, 0.1) is 31.1 Å². The number of ether oxygens (including phenoxy) is 1. The number of anilines is 4. The van der Waals surface area contributed by atoms with E-state index in [2.05, 4.69) is 52.7 Å². The van der Waals surface area contributed by atoms with Crippen molar-refractivity contribution >= 4 is 40.4 Å². The quantitative estimate of drug-likeness (QED) is 0.586. The average molecular weight is 497 g/mol. The summed E-state index contributed by atoms with van der Waals surface area (Å²) >= 11 is 6.50. The number of aromatic nitrogens is 2. The first-order valence-electron chi connectivity index (χ1n) is 12.6. The van der Waals surface area contributed by atoms with Crippen LogP contribution in [0.1, 0.15) is 38.2 Å². The Kier molecular flexibility index (Phi) is 5.89. The monoisotopic (exact) mass is 496 g/mol. The Labute approximate surface area is 211 Å². The highest BCUT2D eigenvalue weighted by atomic mass is 35.5. The van der Waals surface area contributed by atoms with Crippen LogP contribution >= 0.6 is 11.6 Å². The van der Waals surface area contributed by atoms with Gasteiger partial charge in [0.15, 0.2) is 5.82 Å². The highest BCUT2D eigenvalue weighted by molar-refractivity contribution is 6.32. The lowest BCUT2D eigenvalue weighted by atomic mass is 9.98. The second-order valence-electron chi connectivity index (χ2n) is 10.5. The van der Waals surface area contributed by atoms with E-state index in [9.17, 15) is 5.11 Å². The first kappa shape index (κ1) is 22.7. The molecule has 1 saturated carbocycles. The van der Waals surface area contributed by atoms with Crippen LogP contribution < -0.4 is 20.4 Å². The van der Waals surface area contributed by atoms with E-state index in [0.717, 1.165) is 61.2 Å². The van der Waals surface area contributed by atoms with Gasteiger partial charge < -0.3 is 30.3 Å². The van der Waals surface area contributed by atoms with Crippen LogP contribution in [0.15, 0.2) is 30.2 Å². The maximum atomic E-state index is 10.2. The van der Waals surface area contributed by atoms with Crippen molar-refractivity contribution in [2.24, 2.45) is 11.8 Å². The number of aliphatic hydroxyl groups is 1. The Morgan fingerprint density at radius 2 is 2.09 bits per heavy atom. The molecular weight excluding hydrogens is 464 g/mol. The van der Waals surface area contributed by atoms with Crippen molar-refractivity contribution in [2.45, 2.75) is 44.8 Å². The first-order chi connectivity index (χ1) is 16.9. The Bertz CT molecular complexity index is 1140. The standard InChI is InChI=1S/C26H33ClN6O2/c1-15-9-18(34)13-33(12-15)26-28-11-20(27)25(31-26)29-17-5-6-22-19(10-17)24-23(14-32(22)2)35-8-7-21(30-24)16-3-4-16/h5-6,10-11,15-16,18,21,30,34H,3-4,7-9,12-14H2,1-2H3,(H,28,29,31)/t15-,18+,21+/m0/s1. The number of rotatable bonds is 4. The second kappa shape index (κ2) is 9.06. The molecule has 0 spiro atoms. The molecule has 1 aromatic heterocycles. The minimum absolute atomic E-state index is 0.372. The van der Waals surface area contributed by atoms with Crippen LogP contribution in [0.25, 0.3) is 5.70 Å². The lowest BCUT2D eigenvalue weighted by molar-refractivity contribution is 0.132. The van der Waals surface area contributed by atoms with E-state index < -0.39 is 0 Å². The van der Waals surface area contributed by atoms with Gasteiger partial charge in [-0.3, -0.25) is 0 Å². The SMILES string of the molecule is C[C@H]1C[C@@H](O)CN(c2ncc(Cl)c(Nc3ccc4c(c3)C3=C(CN4C)OCC[C@H](C4CC4)N3)n2)C1. The lowest BCUT2D eigenvalue weighted by Gasteiger charge is -2.34. The van der Waals surface area contributed by atoms with Gasteiger partial charge in [-0.25, -0.2) is 4.98 Å². The molecule has 8 nitrogen and oxygen atoms in total. The summed E-state index contributed by atoms with van der Waals surface area (Å²) < 4.78 is 6.21.